The predicted octanol–water partition coefficient (Wildman–Crippen LogP) is 2.47. The summed E-state index contributed by atoms with van der Waals surface area (Å²) in [5.41, 5.74) is 1.80. The topological polar surface area (TPSA) is 12.4 Å². The van der Waals surface area contributed by atoms with Crippen LogP contribution >= 0.6 is 11.8 Å². The van der Waals surface area contributed by atoms with E-state index in [9.17, 15) is 0 Å². The Bertz CT molecular complexity index is 136. The molecular weight excluding hydrogens is 130 g/mol. The van der Waals surface area contributed by atoms with E-state index in [1.54, 1.807) is 30.4 Å². The number of aliphatic imine (C=N–C) groups is 1. The summed E-state index contributed by atoms with van der Waals surface area (Å²) in [5, 5.41) is 0. The molecule has 9 heavy (non-hydrogen) atoms. The van der Waals surface area contributed by atoms with Crippen molar-refractivity contribution in [3.8, 4) is 0 Å². The Hall–Kier alpha value is -0.500. The number of rotatable bonds is 3. The molecule has 0 bridgehead atoms. The molecule has 0 aromatic heterocycles. The van der Waals surface area contributed by atoms with Crippen LogP contribution in [0.25, 0.3) is 0 Å². The molecule has 0 aliphatic heterocycles. The predicted molar refractivity (Wildman–Crippen MR) is 46.0 cm³/mol. The fourth-order valence-corrected chi connectivity index (χ4v) is 0.788. The zero-order chi connectivity index (χ0) is 7.11. The first-order chi connectivity index (χ1) is 4.31. The molecule has 0 unspecified atom stereocenters. The lowest BCUT2D eigenvalue weighted by Gasteiger charge is -1.88. The Morgan fingerprint density at radius 3 is 2.78 bits per heavy atom. The fraction of sp³-hybridized carbons (Fsp3) is 0.286. The second kappa shape index (κ2) is 5.63. The third-order valence-electron chi connectivity index (χ3n) is 0.697. The molecule has 0 rings (SSSR count). The number of hydrogen-bond donors (Lipinski definition) is 0. The van der Waals surface area contributed by atoms with Crippen LogP contribution < -0.4 is 0 Å². The van der Waals surface area contributed by atoms with Crippen molar-refractivity contribution in [1.82, 2.24) is 0 Å². The van der Waals surface area contributed by atoms with Gasteiger partial charge in [0.15, 0.2) is 0 Å². The molecule has 0 amide bonds. The minimum absolute atomic E-state index is 1.20. The van der Waals surface area contributed by atoms with Gasteiger partial charge < -0.3 is 0 Å². The maximum Gasteiger partial charge on any atom is 0.0582 e. The molecule has 0 saturated heterocycles. The Morgan fingerprint density at radius 1 is 1.67 bits per heavy atom. The summed E-state index contributed by atoms with van der Waals surface area (Å²) in [6.45, 7) is 5.60. The van der Waals surface area contributed by atoms with Crippen molar-refractivity contribution >= 4 is 17.3 Å². The molecule has 0 aromatic carbocycles. The van der Waals surface area contributed by atoms with Crippen molar-refractivity contribution in [3.05, 3.63) is 23.6 Å². The van der Waals surface area contributed by atoms with Gasteiger partial charge in [-0.1, -0.05) is 30.5 Å². The molecule has 0 heterocycles. The molecule has 0 atom stereocenters. The van der Waals surface area contributed by atoms with E-state index < -0.39 is 0 Å². The lowest BCUT2D eigenvalue weighted by atomic mass is 10.5. The average molecular weight is 141 g/mol. The summed E-state index contributed by atoms with van der Waals surface area (Å²) in [5.74, 6) is 0. The van der Waals surface area contributed by atoms with Crippen molar-refractivity contribution in [2.24, 2.45) is 4.99 Å². The van der Waals surface area contributed by atoms with Crippen LogP contribution in [0.2, 0.25) is 0 Å². The summed E-state index contributed by atoms with van der Waals surface area (Å²) < 4.78 is 0. The highest BCUT2D eigenvalue weighted by molar-refractivity contribution is 8.15. The lowest BCUT2D eigenvalue weighted by Crippen LogP contribution is -1.65. The molecule has 0 fully saturated rings. The first-order valence-electron chi connectivity index (χ1n) is 2.68. The second-order valence-electron chi connectivity index (χ2n) is 1.49. The Balaban J connectivity index is 3.61. The number of nitrogens with zero attached hydrogens (tertiary/aromatic N) is 1. The molecule has 0 radical (unpaired) electrons. The number of hydrogen-bond acceptors (Lipinski definition) is 2. The molecule has 0 saturated carbocycles. The largest absolute Gasteiger partial charge is 0.289 e. The van der Waals surface area contributed by atoms with Gasteiger partial charge in [-0.05, 0) is 11.8 Å². The molecule has 0 spiro atoms. The summed E-state index contributed by atoms with van der Waals surface area (Å²) in [7, 11) is 1.76. The van der Waals surface area contributed by atoms with Crippen LogP contribution in [0.5, 0.6) is 0 Å². The smallest absolute Gasteiger partial charge is 0.0582 e. The van der Waals surface area contributed by atoms with Gasteiger partial charge in [0.05, 0.1) is 5.55 Å². The number of thioether (sulfide) groups is 1. The van der Waals surface area contributed by atoms with Gasteiger partial charge in [0.1, 0.15) is 0 Å². The van der Waals surface area contributed by atoms with Crippen LogP contribution in [-0.4, -0.2) is 12.6 Å². The van der Waals surface area contributed by atoms with Gasteiger partial charge in [-0.25, -0.2) is 0 Å². The highest BCUT2D eigenvalue weighted by Crippen LogP contribution is 2.10. The standard InChI is InChI=1S/C7H11NS/c1-4-5-7(2)9-6-8-3/h4-6H,1H2,2-3H3/b7-5+,8-6?. The second-order valence-corrected chi connectivity index (χ2v) is 2.58. The van der Waals surface area contributed by atoms with Crippen LogP contribution in [0, 0.1) is 0 Å². The van der Waals surface area contributed by atoms with Gasteiger partial charge >= 0.3 is 0 Å². The van der Waals surface area contributed by atoms with E-state index in [1.165, 1.54) is 4.91 Å². The zero-order valence-electron chi connectivity index (χ0n) is 5.79. The van der Waals surface area contributed by atoms with Crippen LogP contribution in [0.1, 0.15) is 6.92 Å². The van der Waals surface area contributed by atoms with Gasteiger partial charge in [-0.3, -0.25) is 4.99 Å². The molecule has 1 nitrogen and oxygen atoms in total. The summed E-state index contributed by atoms with van der Waals surface area (Å²) in [6.07, 6.45) is 3.72. The van der Waals surface area contributed by atoms with E-state index >= 15 is 0 Å². The first kappa shape index (κ1) is 8.50. The van der Waals surface area contributed by atoms with E-state index in [4.69, 9.17) is 0 Å². The molecule has 0 aliphatic rings. The van der Waals surface area contributed by atoms with Crippen LogP contribution in [0.4, 0.5) is 0 Å². The minimum atomic E-state index is 1.20. The summed E-state index contributed by atoms with van der Waals surface area (Å²) in [6, 6.07) is 0. The lowest BCUT2D eigenvalue weighted by molar-refractivity contribution is 1.49. The van der Waals surface area contributed by atoms with Crippen molar-refractivity contribution in [3.63, 3.8) is 0 Å². The van der Waals surface area contributed by atoms with E-state index in [1.807, 2.05) is 13.0 Å². The van der Waals surface area contributed by atoms with E-state index in [-0.39, 0.29) is 0 Å². The minimum Gasteiger partial charge on any atom is -0.289 e. The zero-order valence-corrected chi connectivity index (χ0v) is 6.61. The van der Waals surface area contributed by atoms with Crippen molar-refractivity contribution in [1.29, 1.82) is 0 Å². The van der Waals surface area contributed by atoms with Crippen LogP contribution in [0.3, 0.4) is 0 Å². The Kier molecular flexibility index (Phi) is 5.32. The van der Waals surface area contributed by atoms with Gasteiger partial charge in [0.25, 0.3) is 0 Å². The molecule has 50 valence electrons. The van der Waals surface area contributed by atoms with E-state index in [0.717, 1.165) is 0 Å². The average Bonchev–Trinajstić information content (AvgIpc) is 1.85. The van der Waals surface area contributed by atoms with Crippen molar-refractivity contribution < 1.29 is 0 Å². The summed E-state index contributed by atoms with van der Waals surface area (Å²) >= 11 is 1.60. The van der Waals surface area contributed by atoms with Crippen molar-refractivity contribution in [2.45, 2.75) is 6.92 Å². The van der Waals surface area contributed by atoms with Crippen molar-refractivity contribution in [2.75, 3.05) is 7.05 Å². The normalized spacial score (nSPS) is 12.4. The Labute approximate surface area is 60.6 Å². The van der Waals surface area contributed by atoms with Crippen LogP contribution in [-0.2, 0) is 0 Å². The molecule has 2 heteroatoms. The first-order valence-corrected chi connectivity index (χ1v) is 3.56. The van der Waals surface area contributed by atoms with Gasteiger partial charge in [0.2, 0.25) is 0 Å². The fourth-order valence-electron chi connectivity index (χ4n) is 0.341. The number of allylic oxidation sites excluding steroid dienone is 3. The van der Waals surface area contributed by atoms with E-state index in [2.05, 4.69) is 11.6 Å². The highest BCUT2D eigenvalue weighted by Gasteiger charge is 1.80. The monoisotopic (exact) mass is 141 g/mol. The van der Waals surface area contributed by atoms with Gasteiger partial charge in [-0.2, -0.15) is 0 Å². The van der Waals surface area contributed by atoms with Crippen LogP contribution in [0.15, 0.2) is 28.6 Å². The highest BCUT2D eigenvalue weighted by atomic mass is 32.2. The van der Waals surface area contributed by atoms with E-state index in [0.29, 0.717) is 0 Å². The van der Waals surface area contributed by atoms with Gasteiger partial charge in [-0.15, -0.1) is 0 Å². The maximum atomic E-state index is 3.82. The maximum absolute atomic E-state index is 3.82. The SMILES string of the molecule is C=C/C=C(\C)SC=NC. The van der Waals surface area contributed by atoms with Gasteiger partial charge in [0, 0.05) is 7.05 Å². The Morgan fingerprint density at radius 2 is 2.33 bits per heavy atom. The molecule has 0 N–H and O–H groups in total. The quantitative estimate of drug-likeness (QED) is 0.334. The summed E-state index contributed by atoms with van der Waals surface area (Å²) in [4.78, 5) is 5.03. The molecular formula is C7H11NS. The third kappa shape index (κ3) is 5.37. The molecule has 0 aromatic rings. The third-order valence-corrected chi connectivity index (χ3v) is 1.52. The molecule has 0 aliphatic carbocycles.